The van der Waals surface area contributed by atoms with Gasteiger partial charge in [0.05, 0.1) is 14.2 Å². The van der Waals surface area contributed by atoms with Gasteiger partial charge in [-0.05, 0) is 46.3 Å². The van der Waals surface area contributed by atoms with E-state index < -0.39 is 0 Å². The maximum absolute atomic E-state index is 12.7. The SMILES string of the molecule is COc1cccc(OC)c1C(=O)c1ccc(Cl)cc1Br. The minimum Gasteiger partial charge on any atom is -0.496 e. The van der Waals surface area contributed by atoms with Crippen LogP contribution in [0.2, 0.25) is 5.02 Å². The molecule has 0 N–H and O–H groups in total. The lowest BCUT2D eigenvalue weighted by Crippen LogP contribution is -2.07. The number of methoxy groups -OCH3 is 2. The molecule has 0 saturated heterocycles. The fourth-order valence-electron chi connectivity index (χ4n) is 1.88. The maximum atomic E-state index is 12.7. The van der Waals surface area contributed by atoms with Gasteiger partial charge in [-0.3, -0.25) is 4.79 Å². The summed E-state index contributed by atoms with van der Waals surface area (Å²) in [5.74, 6) is 0.746. The second kappa shape index (κ2) is 6.29. The molecule has 0 heterocycles. The quantitative estimate of drug-likeness (QED) is 0.765. The van der Waals surface area contributed by atoms with Gasteiger partial charge in [0.15, 0.2) is 0 Å². The van der Waals surface area contributed by atoms with Gasteiger partial charge in [0.2, 0.25) is 5.78 Å². The molecule has 2 aromatic rings. The van der Waals surface area contributed by atoms with E-state index in [1.54, 1.807) is 36.4 Å². The molecule has 104 valence electrons. The van der Waals surface area contributed by atoms with Gasteiger partial charge >= 0.3 is 0 Å². The predicted octanol–water partition coefficient (Wildman–Crippen LogP) is 4.35. The molecule has 3 nitrogen and oxygen atoms in total. The summed E-state index contributed by atoms with van der Waals surface area (Å²) in [6, 6.07) is 10.2. The first-order valence-electron chi connectivity index (χ1n) is 5.79. The van der Waals surface area contributed by atoms with Crippen molar-refractivity contribution in [1.29, 1.82) is 0 Å². The molecule has 0 bridgehead atoms. The van der Waals surface area contributed by atoms with Crippen molar-refractivity contribution in [2.45, 2.75) is 0 Å². The highest BCUT2D eigenvalue weighted by molar-refractivity contribution is 9.10. The fourth-order valence-corrected chi connectivity index (χ4v) is 2.75. The Labute approximate surface area is 130 Å². The van der Waals surface area contributed by atoms with Gasteiger partial charge in [0.25, 0.3) is 0 Å². The lowest BCUT2D eigenvalue weighted by atomic mass is 10.0. The Bertz CT molecular complexity index is 633. The third-order valence-electron chi connectivity index (χ3n) is 2.83. The van der Waals surface area contributed by atoms with Crippen LogP contribution in [0.5, 0.6) is 11.5 Å². The van der Waals surface area contributed by atoms with E-state index >= 15 is 0 Å². The highest BCUT2D eigenvalue weighted by Crippen LogP contribution is 2.33. The number of rotatable bonds is 4. The van der Waals surface area contributed by atoms with Crippen LogP contribution < -0.4 is 9.47 Å². The standard InChI is InChI=1S/C15H12BrClO3/c1-19-12-4-3-5-13(20-2)14(12)15(18)10-7-6-9(17)8-11(10)16/h3-8H,1-2H3. The number of halogens is 2. The van der Waals surface area contributed by atoms with Crippen LogP contribution in [-0.2, 0) is 0 Å². The lowest BCUT2D eigenvalue weighted by Gasteiger charge is -2.12. The maximum Gasteiger partial charge on any atom is 0.201 e. The van der Waals surface area contributed by atoms with Gasteiger partial charge in [-0.25, -0.2) is 0 Å². The lowest BCUT2D eigenvalue weighted by molar-refractivity contribution is 0.103. The number of hydrogen-bond donors (Lipinski definition) is 0. The van der Waals surface area contributed by atoms with E-state index in [1.165, 1.54) is 14.2 Å². The van der Waals surface area contributed by atoms with Gasteiger partial charge in [0, 0.05) is 15.1 Å². The Morgan fingerprint density at radius 1 is 1.10 bits per heavy atom. The van der Waals surface area contributed by atoms with Crippen molar-refractivity contribution >= 4 is 33.3 Å². The zero-order valence-corrected chi connectivity index (χ0v) is 13.3. The molecule has 5 heteroatoms. The summed E-state index contributed by atoms with van der Waals surface area (Å²) in [5.41, 5.74) is 0.887. The van der Waals surface area contributed by atoms with Crippen molar-refractivity contribution in [2.24, 2.45) is 0 Å². The van der Waals surface area contributed by atoms with Gasteiger partial charge in [-0.1, -0.05) is 17.7 Å². The van der Waals surface area contributed by atoms with Crippen LogP contribution in [-0.4, -0.2) is 20.0 Å². The monoisotopic (exact) mass is 354 g/mol. The second-order valence-electron chi connectivity index (χ2n) is 3.99. The molecular formula is C15H12BrClO3. The van der Waals surface area contributed by atoms with E-state index in [0.717, 1.165) is 0 Å². The molecule has 0 aliphatic carbocycles. The summed E-state index contributed by atoms with van der Waals surface area (Å²) in [6.45, 7) is 0. The number of ketones is 1. The van der Waals surface area contributed by atoms with Gasteiger partial charge in [-0.2, -0.15) is 0 Å². The van der Waals surface area contributed by atoms with Crippen LogP contribution in [0.25, 0.3) is 0 Å². The topological polar surface area (TPSA) is 35.5 Å². The number of carbonyl (C=O) groups excluding carboxylic acids is 1. The molecule has 2 rings (SSSR count). The second-order valence-corrected chi connectivity index (χ2v) is 5.28. The molecule has 0 radical (unpaired) electrons. The Balaban J connectivity index is 2.58. The summed E-state index contributed by atoms with van der Waals surface area (Å²) in [4.78, 5) is 12.7. The summed E-state index contributed by atoms with van der Waals surface area (Å²) in [7, 11) is 3.03. The Kier molecular flexibility index (Phi) is 4.68. The molecular weight excluding hydrogens is 344 g/mol. The van der Waals surface area contributed by atoms with E-state index in [1.807, 2.05) is 0 Å². The predicted molar refractivity (Wildman–Crippen MR) is 82.1 cm³/mol. The normalized spacial score (nSPS) is 10.2. The van der Waals surface area contributed by atoms with E-state index in [0.29, 0.717) is 32.1 Å². The minimum absolute atomic E-state index is 0.192. The van der Waals surface area contributed by atoms with Gasteiger partial charge in [0.1, 0.15) is 17.1 Å². The molecule has 0 unspecified atom stereocenters. The summed E-state index contributed by atoms with van der Waals surface area (Å²) < 4.78 is 11.1. The first-order valence-corrected chi connectivity index (χ1v) is 6.96. The molecule has 20 heavy (non-hydrogen) atoms. The van der Waals surface area contributed by atoms with Crippen molar-refractivity contribution in [3.8, 4) is 11.5 Å². The summed E-state index contributed by atoms with van der Waals surface area (Å²) >= 11 is 9.25. The number of hydrogen-bond acceptors (Lipinski definition) is 3. The van der Waals surface area contributed by atoms with Crippen molar-refractivity contribution in [3.63, 3.8) is 0 Å². The summed E-state index contributed by atoms with van der Waals surface area (Å²) in [6.07, 6.45) is 0. The first kappa shape index (κ1) is 14.9. The first-order chi connectivity index (χ1) is 9.58. The van der Waals surface area contributed by atoms with Crippen LogP contribution in [0.1, 0.15) is 15.9 Å². The van der Waals surface area contributed by atoms with Crippen LogP contribution in [0.15, 0.2) is 40.9 Å². The Morgan fingerprint density at radius 3 is 2.20 bits per heavy atom. The largest absolute Gasteiger partial charge is 0.496 e. The average molecular weight is 356 g/mol. The van der Waals surface area contributed by atoms with Crippen molar-refractivity contribution in [3.05, 3.63) is 57.0 Å². The molecule has 2 aromatic carbocycles. The highest BCUT2D eigenvalue weighted by atomic mass is 79.9. The van der Waals surface area contributed by atoms with Crippen LogP contribution in [0.3, 0.4) is 0 Å². The van der Waals surface area contributed by atoms with E-state index in [-0.39, 0.29) is 5.78 Å². The van der Waals surface area contributed by atoms with E-state index in [9.17, 15) is 4.79 Å². The highest BCUT2D eigenvalue weighted by Gasteiger charge is 2.21. The molecule has 0 aliphatic heterocycles. The molecule has 0 aromatic heterocycles. The van der Waals surface area contributed by atoms with E-state index in [2.05, 4.69) is 15.9 Å². The van der Waals surface area contributed by atoms with Crippen molar-refractivity contribution in [2.75, 3.05) is 14.2 Å². The van der Waals surface area contributed by atoms with Gasteiger partial charge < -0.3 is 9.47 Å². The Morgan fingerprint density at radius 2 is 1.70 bits per heavy atom. The number of benzene rings is 2. The fraction of sp³-hybridized carbons (Fsp3) is 0.133. The van der Waals surface area contributed by atoms with E-state index in [4.69, 9.17) is 21.1 Å². The minimum atomic E-state index is -0.192. The Hall–Kier alpha value is -1.52. The zero-order valence-electron chi connectivity index (χ0n) is 10.9. The van der Waals surface area contributed by atoms with Crippen LogP contribution in [0.4, 0.5) is 0 Å². The van der Waals surface area contributed by atoms with Gasteiger partial charge in [-0.15, -0.1) is 0 Å². The third kappa shape index (κ3) is 2.81. The molecule has 0 spiro atoms. The van der Waals surface area contributed by atoms with Crippen LogP contribution in [0, 0.1) is 0 Å². The molecule has 0 saturated carbocycles. The van der Waals surface area contributed by atoms with Crippen LogP contribution >= 0.6 is 27.5 Å². The smallest absolute Gasteiger partial charge is 0.201 e. The third-order valence-corrected chi connectivity index (χ3v) is 3.72. The molecule has 0 atom stereocenters. The molecule has 0 aliphatic rings. The number of carbonyl (C=O) groups is 1. The molecule has 0 fully saturated rings. The van der Waals surface area contributed by atoms with Crippen molar-refractivity contribution < 1.29 is 14.3 Å². The molecule has 0 amide bonds. The zero-order chi connectivity index (χ0) is 14.7. The van der Waals surface area contributed by atoms with Crippen molar-refractivity contribution in [1.82, 2.24) is 0 Å². The number of ether oxygens (including phenoxy) is 2. The average Bonchev–Trinajstić information content (AvgIpc) is 2.45. The summed E-state index contributed by atoms with van der Waals surface area (Å²) in [5, 5.41) is 0.556.